The highest BCUT2D eigenvalue weighted by Gasteiger charge is 2.04. The van der Waals surface area contributed by atoms with E-state index in [0.717, 1.165) is 30.9 Å². The van der Waals surface area contributed by atoms with Crippen LogP contribution in [0.4, 0.5) is 11.5 Å². The van der Waals surface area contributed by atoms with E-state index in [2.05, 4.69) is 16.5 Å². The van der Waals surface area contributed by atoms with Crippen LogP contribution in [0.2, 0.25) is 0 Å². The Labute approximate surface area is 85.3 Å². The highest BCUT2D eigenvalue weighted by Crippen LogP contribution is 2.17. The number of allylic oxidation sites excluding steroid dienone is 1. The summed E-state index contributed by atoms with van der Waals surface area (Å²) >= 11 is 0. The number of hydrogen-bond donors (Lipinski definition) is 1. The molecule has 0 unspecified atom stereocenters. The molecule has 1 aromatic heterocycles. The normalized spacial score (nSPS) is 9.79. The first-order chi connectivity index (χ1) is 6.75. The van der Waals surface area contributed by atoms with Crippen molar-refractivity contribution in [1.29, 1.82) is 0 Å². The second-order valence-corrected chi connectivity index (χ2v) is 3.27. The zero-order valence-corrected chi connectivity index (χ0v) is 8.61. The summed E-state index contributed by atoms with van der Waals surface area (Å²) in [5.74, 6) is 0.858. The van der Waals surface area contributed by atoms with E-state index in [1.807, 2.05) is 25.3 Å². The van der Waals surface area contributed by atoms with E-state index in [9.17, 15) is 0 Å². The Hall–Kier alpha value is -1.51. The molecule has 76 valence electrons. The minimum atomic E-state index is 0.730. The number of nitrogens with two attached hydrogens (primary N) is 1. The Morgan fingerprint density at radius 3 is 3.07 bits per heavy atom. The van der Waals surface area contributed by atoms with Crippen LogP contribution < -0.4 is 10.6 Å². The van der Waals surface area contributed by atoms with Gasteiger partial charge in [0.05, 0.1) is 5.69 Å². The van der Waals surface area contributed by atoms with Gasteiger partial charge in [-0.15, -0.1) is 6.58 Å². The van der Waals surface area contributed by atoms with E-state index in [1.54, 1.807) is 6.20 Å². The van der Waals surface area contributed by atoms with Crippen LogP contribution in [-0.2, 0) is 0 Å². The molecular formula is C11H17N3. The largest absolute Gasteiger partial charge is 0.396 e. The molecule has 3 heteroatoms. The van der Waals surface area contributed by atoms with E-state index >= 15 is 0 Å². The van der Waals surface area contributed by atoms with E-state index in [0.29, 0.717) is 0 Å². The smallest absolute Gasteiger partial charge is 0.151 e. The highest BCUT2D eigenvalue weighted by atomic mass is 15.2. The zero-order valence-electron chi connectivity index (χ0n) is 8.61. The summed E-state index contributed by atoms with van der Waals surface area (Å²) in [5, 5.41) is 0. The van der Waals surface area contributed by atoms with Gasteiger partial charge in [-0.3, -0.25) is 0 Å². The van der Waals surface area contributed by atoms with Crippen LogP contribution >= 0.6 is 0 Å². The number of hydrogen-bond acceptors (Lipinski definition) is 3. The lowest BCUT2D eigenvalue weighted by molar-refractivity contribution is 0.793. The third kappa shape index (κ3) is 2.76. The number of aromatic nitrogens is 1. The third-order valence-electron chi connectivity index (χ3n) is 2.08. The standard InChI is InChI=1S/C11H17N3/c1-3-4-5-9-14(2)11-10(12)7-6-8-13-11/h3,6-8H,1,4-5,9,12H2,2H3. The molecule has 1 aromatic rings. The maximum absolute atomic E-state index is 5.80. The summed E-state index contributed by atoms with van der Waals surface area (Å²) in [7, 11) is 2.00. The minimum Gasteiger partial charge on any atom is -0.396 e. The number of nitrogens with zero attached hydrogens (tertiary/aromatic N) is 2. The SMILES string of the molecule is C=CCCCN(C)c1ncccc1N. The van der Waals surface area contributed by atoms with Crippen molar-refractivity contribution in [2.75, 3.05) is 24.2 Å². The summed E-state index contributed by atoms with van der Waals surface area (Å²) in [4.78, 5) is 6.30. The van der Waals surface area contributed by atoms with Crippen LogP contribution in [0.3, 0.4) is 0 Å². The van der Waals surface area contributed by atoms with Crippen molar-refractivity contribution >= 4 is 11.5 Å². The predicted molar refractivity (Wildman–Crippen MR) is 61.4 cm³/mol. The lowest BCUT2D eigenvalue weighted by atomic mass is 10.3. The molecule has 0 saturated carbocycles. The Bertz CT molecular complexity index is 296. The van der Waals surface area contributed by atoms with Crippen LogP contribution in [0.5, 0.6) is 0 Å². The first kappa shape index (κ1) is 10.6. The van der Waals surface area contributed by atoms with Crippen molar-refractivity contribution in [3.05, 3.63) is 31.0 Å². The van der Waals surface area contributed by atoms with Gasteiger partial charge in [-0.1, -0.05) is 6.08 Å². The molecule has 0 fully saturated rings. The van der Waals surface area contributed by atoms with Crippen molar-refractivity contribution in [2.45, 2.75) is 12.8 Å². The fourth-order valence-corrected chi connectivity index (χ4v) is 1.31. The van der Waals surface area contributed by atoms with Crippen LogP contribution in [0.1, 0.15) is 12.8 Å². The molecule has 0 atom stereocenters. The second kappa shape index (κ2) is 5.27. The second-order valence-electron chi connectivity index (χ2n) is 3.27. The number of anilines is 2. The molecule has 1 rings (SSSR count). The molecule has 0 bridgehead atoms. The Morgan fingerprint density at radius 2 is 2.43 bits per heavy atom. The molecule has 0 aliphatic rings. The Kier molecular flexibility index (Phi) is 3.98. The maximum atomic E-state index is 5.80. The molecule has 0 saturated heterocycles. The molecule has 0 radical (unpaired) electrons. The first-order valence-corrected chi connectivity index (χ1v) is 4.78. The molecular weight excluding hydrogens is 174 g/mol. The molecule has 14 heavy (non-hydrogen) atoms. The maximum Gasteiger partial charge on any atom is 0.151 e. The van der Waals surface area contributed by atoms with Crippen molar-refractivity contribution in [1.82, 2.24) is 4.98 Å². The average Bonchev–Trinajstić information content (AvgIpc) is 2.18. The fourth-order valence-electron chi connectivity index (χ4n) is 1.31. The molecule has 2 N–H and O–H groups in total. The molecule has 0 amide bonds. The van der Waals surface area contributed by atoms with Gasteiger partial charge in [-0.05, 0) is 25.0 Å². The van der Waals surface area contributed by atoms with Crippen LogP contribution in [-0.4, -0.2) is 18.6 Å². The summed E-state index contributed by atoms with van der Waals surface area (Å²) in [5.41, 5.74) is 6.53. The van der Waals surface area contributed by atoms with Gasteiger partial charge in [0.25, 0.3) is 0 Å². The predicted octanol–water partition coefficient (Wildman–Crippen LogP) is 2.07. The quantitative estimate of drug-likeness (QED) is 0.572. The lowest BCUT2D eigenvalue weighted by Crippen LogP contribution is -2.20. The van der Waals surface area contributed by atoms with Crippen LogP contribution in [0.15, 0.2) is 31.0 Å². The molecule has 3 nitrogen and oxygen atoms in total. The van der Waals surface area contributed by atoms with Gasteiger partial charge < -0.3 is 10.6 Å². The molecule has 0 aliphatic heterocycles. The third-order valence-corrected chi connectivity index (χ3v) is 2.08. The first-order valence-electron chi connectivity index (χ1n) is 4.78. The van der Waals surface area contributed by atoms with Crippen molar-refractivity contribution in [3.8, 4) is 0 Å². The van der Waals surface area contributed by atoms with Gasteiger partial charge in [-0.25, -0.2) is 4.98 Å². The lowest BCUT2D eigenvalue weighted by Gasteiger charge is -2.18. The molecule has 1 heterocycles. The molecule has 0 aliphatic carbocycles. The number of nitrogen functional groups attached to an aromatic ring is 1. The zero-order chi connectivity index (χ0) is 10.4. The summed E-state index contributed by atoms with van der Waals surface area (Å²) in [6, 6.07) is 3.71. The van der Waals surface area contributed by atoms with E-state index in [4.69, 9.17) is 5.73 Å². The van der Waals surface area contributed by atoms with Gasteiger partial charge in [-0.2, -0.15) is 0 Å². The number of pyridine rings is 1. The van der Waals surface area contributed by atoms with Gasteiger partial charge in [0.15, 0.2) is 5.82 Å². The van der Waals surface area contributed by atoms with Gasteiger partial charge >= 0.3 is 0 Å². The molecule has 0 aromatic carbocycles. The van der Waals surface area contributed by atoms with E-state index in [-0.39, 0.29) is 0 Å². The van der Waals surface area contributed by atoms with E-state index in [1.165, 1.54) is 0 Å². The van der Waals surface area contributed by atoms with Gasteiger partial charge in [0, 0.05) is 19.8 Å². The summed E-state index contributed by atoms with van der Waals surface area (Å²) in [6.45, 7) is 4.64. The minimum absolute atomic E-state index is 0.730. The number of unbranched alkanes of at least 4 members (excludes halogenated alkanes) is 1. The average molecular weight is 191 g/mol. The Balaban J connectivity index is 2.55. The van der Waals surface area contributed by atoms with Crippen molar-refractivity contribution < 1.29 is 0 Å². The van der Waals surface area contributed by atoms with Crippen molar-refractivity contribution in [2.24, 2.45) is 0 Å². The summed E-state index contributed by atoms with van der Waals surface area (Å²) in [6.07, 6.45) is 5.79. The van der Waals surface area contributed by atoms with Gasteiger partial charge in [0.1, 0.15) is 0 Å². The number of rotatable bonds is 5. The van der Waals surface area contributed by atoms with Crippen molar-refractivity contribution in [3.63, 3.8) is 0 Å². The van der Waals surface area contributed by atoms with E-state index < -0.39 is 0 Å². The summed E-state index contributed by atoms with van der Waals surface area (Å²) < 4.78 is 0. The van der Waals surface area contributed by atoms with Gasteiger partial charge in [0.2, 0.25) is 0 Å². The molecule has 0 spiro atoms. The monoisotopic (exact) mass is 191 g/mol. The topological polar surface area (TPSA) is 42.2 Å². The van der Waals surface area contributed by atoms with Crippen LogP contribution in [0, 0.1) is 0 Å². The Morgan fingerprint density at radius 1 is 1.64 bits per heavy atom. The fraction of sp³-hybridized carbons (Fsp3) is 0.364. The van der Waals surface area contributed by atoms with Crippen LogP contribution in [0.25, 0.3) is 0 Å². The highest BCUT2D eigenvalue weighted by molar-refractivity contribution is 5.61.